The fourth-order valence-corrected chi connectivity index (χ4v) is 4.66. The molecule has 1 saturated heterocycles. The third-order valence-corrected chi connectivity index (χ3v) is 6.02. The first-order valence-corrected chi connectivity index (χ1v) is 9.90. The first kappa shape index (κ1) is 17.8. The molecule has 7 nitrogen and oxygen atoms in total. The Hall–Kier alpha value is -2.57. The summed E-state index contributed by atoms with van der Waals surface area (Å²) >= 11 is 0. The first-order valence-electron chi connectivity index (χ1n) is 9.90. The van der Waals surface area contributed by atoms with Gasteiger partial charge in [0.1, 0.15) is 5.66 Å². The largest absolute Gasteiger partial charge is 0.369 e. The van der Waals surface area contributed by atoms with Crippen LogP contribution in [0.15, 0.2) is 28.2 Å². The summed E-state index contributed by atoms with van der Waals surface area (Å²) in [6, 6.07) is 5.84. The minimum atomic E-state index is -0.492. The number of guanidine groups is 2. The molecule has 0 unspecified atom stereocenters. The highest BCUT2D eigenvalue weighted by Crippen LogP contribution is 2.41. The van der Waals surface area contributed by atoms with Crippen LogP contribution >= 0.6 is 0 Å². The number of amides is 1. The van der Waals surface area contributed by atoms with Gasteiger partial charge in [-0.05, 0) is 63.1 Å². The van der Waals surface area contributed by atoms with Crippen LogP contribution < -0.4 is 16.4 Å². The molecule has 144 valence electrons. The van der Waals surface area contributed by atoms with E-state index < -0.39 is 5.66 Å². The smallest absolute Gasteiger partial charge is 0.254 e. The van der Waals surface area contributed by atoms with Gasteiger partial charge in [-0.15, -0.1) is 0 Å². The average Bonchev–Trinajstić information content (AvgIpc) is 3.17. The number of hydrogen-bond donors (Lipinski definition) is 2. The molecule has 0 radical (unpaired) electrons. The number of rotatable bonds is 2. The summed E-state index contributed by atoms with van der Waals surface area (Å²) in [7, 11) is 0. The lowest BCUT2D eigenvalue weighted by molar-refractivity contribution is 0.0792. The summed E-state index contributed by atoms with van der Waals surface area (Å²) in [5.74, 6) is 0.700. The van der Waals surface area contributed by atoms with Crippen LogP contribution in [0.1, 0.15) is 60.9 Å². The van der Waals surface area contributed by atoms with Crippen LogP contribution in [-0.2, 0) is 0 Å². The van der Waals surface area contributed by atoms with Gasteiger partial charge < -0.3 is 16.4 Å². The monoisotopic (exact) mass is 368 g/mol. The Balaban J connectivity index is 1.76. The maximum Gasteiger partial charge on any atom is 0.254 e. The number of carbonyl (C=O) groups is 1. The second kappa shape index (κ2) is 6.87. The molecular formula is C20H28N6O. The normalized spacial score (nSPS) is 22.0. The molecule has 27 heavy (non-hydrogen) atoms. The Kier molecular flexibility index (Phi) is 4.53. The molecule has 2 fully saturated rings. The van der Waals surface area contributed by atoms with Crippen LogP contribution in [0.5, 0.6) is 0 Å². The van der Waals surface area contributed by atoms with E-state index in [0.717, 1.165) is 68.4 Å². The van der Waals surface area contributed by atoms with Crippen LogP contribution in [0, 0.1) is 6.92 Å². The number of aliphatic imine (C=N–C) groups is 2. The van der Waals surface area contributed by atoms with Gasteiger partial charge in [0.15, 0.2) is 0 Å². The molecule has 7 heteroatoms. The van der Waals surface area contributed by atoms with Crippen molar-refractivity contribution in [2.45, 2.75) is 57.5 Å². The highest BCUT2D eigenvalue weighted by atomic mass is 16.2. The summed E-state index contributed by atoms with van der Waals surface area (Å²) in [6.45, 7) is 3.66. The van der Waals surface area contributed by atoms with Crippen molar-refractivity contribution < 1.29 is 4.79 Å². The van der Waals surface area contributed by atoms with Gasteiger partial charge >= 0.3 is 0 Å². The molecule has 1 aliphatic carbocycles. The van der Waals surface area contributed by atoms with E-state index in [1.807, 2.05) is 34.9 Å². The Labute approximate surface area is 160 Å². The Morgan fingerprint density at radius 1 is 1.07 bits per heavy atom. The molecule has 0 bridgehead atoms. The molecule has 1 spiro atoms. The van der Waals surface area contributed by atoms with E-state index in [1.54, 1.807) is 0 Å². The van der Waals surface area contributed by atoms with Crippen molar-refractivity contribution >= 4 is 23.5 Å². The zero-order valence-electron chi connectivity index (χ0n) is 15.9. The molecule has 1 aromatic rings. The van der Waals surface area contributed by atoms with Crippen molar-refractivity contribution in [3.05, 3.63) is 29.3 Å². The summed E-state index contributed by atoms with van der Waals surface area (Å²) < 4.78 is 0. The third kappa shape index (κ3) is 3.05. The number of likely N-dealkylation sites (tertiary alicyclic amines) is 1. The van der Waals surface area contributed by atoms with Gasteiger partial charge in [0.05, 0.1) is 0 Å². The van der Waals surface area contributed by atoms with Crippen molar-refractivity contribution in [3.8, 4) is 0 Å². The maximum absolute atomic E-state index is 13.0. The van der Waals surface area contributed by atoms with E-state index in [2.05, 4.69) is 4.99 Å². The van der Waals surface area contributed by atoms with Gasteiger partial charge in [0.25, 0.3) is 5.91 Å². The van der Waals surface area contributed by atoms with Gasteiger partial charge in [0.2, 0.25) is 11.9 Å². The van der Waals surface area contributed by atoms with E-state index in [4.69, 9.17) is 16.5 Å². The minimum absolute atomic E-state index is 0.0973. The molecule has 4 N–H and O–H groups in total. The predicted molar refractivity (Wildman–Crippen MR) is 108 cm³/mol. The maximum atomic E-state index is 13.0. The van der Waals surface area contributed by atoms with E-state index >= 15 is 0 Å². The molecule has 0 aromatic heterocycles. The van der Waals surface area contributed by atoms with Crippen LogP contribution in [0.3, 0.4) is 0 Å². The number of carbonyl (C=O) groups excluding carboxylic acids is 1. The topological polar surface area (TPSA) is 100 Å². The van der Waals surface area contributed by atoms with Crippen LogP contribution in [0.2, 0.25) is 0 Å². The molecule has 1 aromatic carbocycles. The van der Waals surface area contributed by atoms with Gasteiger partial charge in [-0.2, -0.15) is 4.99 Å². The molecule has 4 rings (SSSR count). The number of hydrogen-bond acceptors (Lipinski definition) is 6. The van der Waals surface area contributed by atoms with Crippen molar-refractivity contribution in [2.24, 2.45) is 21.5 Å². The SMILES string of the molecule is Cc1c(C(=O)N2CCCC2)cccc1N1C(N)=NC(N)=NC12CCCCC2. The first-order chi connectivity index (χ1) is 13.0. The summed E-state index contributed by atoms with van der Waals surface area (Å²) in [5, 5.41) is 0. The summed E-state index contributed by atoms with van der Waals surface area (Å²) in [6.07, 6.45) is 7.26. The van der Waals surface area contributed by atoms with Crippen molar-refractivity contribution in [1.82, 2.24) is 4.90 Å². The van der Waals surface area contributed by atoms with Crippen LogP contribution in [0.25, 0.3) is 0 Å². The van der Waals surface area contributed by atoms with Gasteiger partial charge in [-0.25, -0.2) is 4.99 Å². The van der Waals surface area contributed by atoms with Crippen LogP contribution in [0.4, 0.5) is 5.69 Å². The number of anilines is 1. The molecule has 3 aliphatic rings. The average molecular weight is 368 g/mol. The lowest BCUT2D eigenvalue weighted by atomic mass is 9.86. The molecular weight excluding hydrogens is 340 g/mol. The third-order valence-electron chi connectivity index (χ3n) is 6.02. The van der Waals surface area contributed by atoms with E-state index in [-0.39, 0.29) is 11.9 Å². The molecule has 0 atom stereocenters. The Morgan fingerprint density at radius 2 is 1.78 bits per heavy atom. The lowest BCUT2D eigenvalue weighted by Gasteiger charge is -2.46. The fraction of sp³-hybridized carbons (Fsp3) is 0.550. The molecule has 1 saturated carbocycles. The quantitative estimate of drug-likeness (QED) is 0.837. The minimum Gasteiger partial charge on any atom is -0.369 e. The highest BCUT2D eigenvalue weighted by molar-refractivity contribution is 6.07. The molecule has 2 heterocycles. The van der Waals surface area contributed by atoms with Gasteiger partial charge in [-0.3, -0.25) is 9.69 Å². The van der Waals surface area contributed by atoms with E-state index in [9.17, 15) is 4.79 Å². The molecule has 2 aliphatic heterocycles. The Bertz CT molecular complexity index is 803. The number of nitrogens with zero attached hydrogens (tertiary/aromatic N) is 4. The second-order valence-corrected chi connectivity index (χ2v) is 7.77. The highest BCUT2D eigenvalue weighted by Gasteiger charge is 2.43. The standard InChI is InChI=1S/C20H28N6O/c1-14-15(17(27)25-12-5-6-13-25)8-7-9-16(14)26-19(22)23-18(21)24-20(26)10-3-2-4-11-20/h7-9H,2-6,10-13H2,1H3,(H4,21,22,23,24). The van der Waals surface area contributed by atoms with Gasteiger partial charge in [0, 0.05) is 24.3 Å². The summed E-state index contributed by atoms with van der Waals surface area (Å²) in [4.78, 5) is 25.9. The fourth-order valence-electron chi connectivity index (χ4n) is 4.66. The van der Waals surface area contributed by atoms with Crippen molar-refractivity contribution in [2.75, 3.05) is 18.0 Å². The van der Waals surface area contributed by atoms with E-state index in [0.29, 0.717) is 5.96 Å². The van der Waals surface area contributed by atoms with E-state index in [1.165, 1.54) is 6.42 Å². The lowest BCUT2D eigenvalue weighted by Crippen LogP contribution is -2.58. The zero-order valence-corrected chi connectivity index (χ0v) is 15.9. The number of benzene rings is 1. The van der Waals surface area contributed by atoms with Crippen molar-refractivity contribution in [3.63, 3.8) is 0 Å². The predicted octanol–water partition coefficient (Wildman–Crippen LogP) is 2.34. The number of nitrogens with two attached hydrogens (primary N) is 2. The van der Waals surface area contributed by atoms with Gasteiger partial charge in [-0.1, -0.05) is 12.5 Å². The van der Waals surface area contributed by atoms with Crippen molar-refractivity contribution in [1.29, 1.82) is 0 Å². The Morgan fingerprint density at radius 3 is 2.48 bits per heavy atom. The zero-order chi connectivity index (χ0) is 19.0. The summed E-state index contributed by atoms with van der Waals surface area (Å²) in [5.41, 5.74) is 14.4. The second-order valence-electron chi connectivity index (χ2n) is 7.77. The van der Waals surface area contributed by atoms with Crippen LogP contribution in [-0.4, -0.2) is 41.5 Å². The molecule has 1 amide bonds.